The minimum Gasteiger partial charge on any atom is -0.370 e. The molecular formula is C13H16BrN5. The Morgan fingerprint density at radius 3 is 2.95 bits per heavy atom. The van der Waals surface area contributed by atoms with Crippen LogP contribution in [0.1, 0.15) is 30.3 Å². The number of hydrogen-bond acceptors (Lipinski definition) is 4. The molecule has 6 heteroatoms. The van der Waals surface area contributed by atoms with Gasteiger partial charge in [-0.3, -0.25) is 4.68 Å². The quantitative estimate of drug-likeness (QED) is 0.860. The SMILES string of the molecule is Cn1ccc(CCNc2cc(Br)nc(C3CC3)n2)n1. The molecule has 1 aliphatic rings. The topological polar surface area (TPSA) is 55.6 Å². The molecule has 0 aliphatic heterocycles. The third-order valence-corrected chi connectivity index (χ3v) is 3.52. The van der Waals surface area contributed by atoms with Crippen molar-refractivity contribution in [3.05, 3.63) is 34.5 Å². The van der Waals surface area contributed by atoms with Crippen LogP contribution >= 0.6 is 15.9 Å². The maximum absolute atomic E-state index is 4.55. The number of rotatable bonds is 5. The minimum atomic E-state index is 0.564. The van der Waals surface area contributed by atoms with E-state index in [-0.39, 0.29) is 0 Å². The van der Waals surface area contributed by atoms with Crippen molar-refractivity contribution in [3.63, 3.8) is 0 Å². The molecule has 0 atom stereocenters. The molecule has 0 amide bonds. The summed E-state index contributed by atoms with van der Waals surface area (Å²) in [6.07, 6.45) is 5.27. The van der Waals surface area contributed by atoms with Crippen molar-refractivity contribution in [2.75, 3.05) is 11.9 Å². The highest BCUT2D eigenvalue weighted by Crippen LogP contribution is 2.38. The molecule has 5 nitrogen and oxygen atoms in total. The van der Waals surface area contributed by atoms with Crippen molar-refractivity contribution in [2.45, 2.75) is 25.2 Å². The molecular weight excluding hydrogens is 306 g/mol. The van der Waals surface area contributed by atoms with E-state index >= 15 is 0 Å². The molecule has 100 valence electrons. The molecule has 2 heterocycles. The van der Waals surface area contributed by atoms with Gasteiger partial charge in [0.25, 0.3) is 0 Å². The summed E-state index contributed by atoms with van der Waals surface area (Å²) in [4.78, 5) is 8.97. The molecule has 1 N–H and O–H groups in total. The van der Waals surface area contributed by atoms with Gasteiger partial charge in [0.2, 0.25) is 0 Å². The predicted molar refractivity (Wildman–Crippen MR) is 77.1 cm³/mol. The Kier molecular flexibility index (Phi) is 3.50. The summed E-state index contributed by atoms with van der Waals surface area (Å²) in [5.41, 5.74) is 1.09. The van der Waals surface area contributed by atoms with E-state index in [1.807, 2.05) is 30.1 Å². The average molecular weight is 322 g/mol. The molecule has 19 heavy (non-hydrogen) atoms. The Labute approximate surface area is 120 Å². The lowest BCUT2D eigenvalue weighted by Crippen LogP contribution is -2.08. The normalized spacial score (nSPS) is 14.6. The van der Waals surface area contributed by atoms with Gasteiger partial charge in [-0.25, -0.2) is 9.97 Å². The fourth-order valence-electron chi connectivity index (χ4n) is 1.97. The molecule has 0 unspecified atom stereocenters. The number of hydrogen-bond donors (Lipinski definition) is 1. The molecule has 2 aromatic heterocycles. The smallest absolute Gasteiger partial charge is 0.135 e. The van der Waals surface area contributed by atoms with Crippen LogP contribution in [0.5, 0.6) is 0 Å². The number of nitrogens with one attached hydrogen (secondary N) is 1. The molecule has 0 aromatic carbocycles. The summed E-state index contributed by atoms with van der Waals surface area (Å²) >= 11 is 3.44. The van der Waals surface area contributed by atoms with Gasteiger partial charge in [0.05, 0.1) is 5.69 Å². The molecule has 3 rings (SSSR count). The van der Waals surface area contributed by atoms with Gasteiger partial charge in [0, 0.05) is 38.2 Å². The van der Waals surface area contributed by atoms with Crippen molar-refractivity contribution < 1.29 is 0 Å². The molecule has 1 fully saturated rings. The first kappa shape index (κ1) is 12.6. The Bertz CT molecular complexity index is 576. The van der Waals surface area contributed by atoms with E-state index in [0.717, 1.165) is 34.9 Å². The Morgan fingerprint density at radius 2 is 2.26 bits per heavy atom. The molecule has 1 saturated carbocycles. The maximum atomic E-state index is 4.55. The lowest BCUT2D eigenvalue weighted by Gasteiger charge is -2.06. The first-order valence-electron chi connectivity index (χ1n) is 6.47. The van der Waals surface area contributed by atoms with E-state index in [0.29, 0.717) is 5.92 Å². The number of nitrogens with zero attached hydrogens (tertiary/aromatic N) is 4. The number of halogens is 1. The zero-order valence-electron chi connectivity index (χ0n) is 10.8. The highest BCUT2D eigenvalue weighted by molar-refractivity contribution is 9.10. The van der Waals surface area contributed by atoms with Crippen molar-refractivity contribution in [1.82, 2.24) is 19.7 Å². The van der Waals surface area contributed by atoms with Crippen molar-refractivity contribution in [3.8, 4) is 0 Å². The van der Waals surface area contributed by atoms with Gasteiger partial charge in [0.1, 0.15) is 16.2 Å². The van der Waals surface area contributed by atoms with E-state index in [2.05, 4.69) is 36.3 Å². The molecule has 0 radical (unpaired) electrons. The van der Waals surface area contributed by atoms with Gasteiger partial charge in [-0.15, -0.1) is 0 Å². The van der Waals surface area contributed by atoms with Crippen LogP contribution in [0.15, 0.2) is 22.9 Å². The van der Waals surface area contributed by atoms with Crippen molar-refractivity contribution in [2.24, 2.45) is 7.05 Å². The fourth-order valence-corrected chi connectivity index (χ4v) is 2.36. The van der Waals surface area contributed by atoms with Gasteiger partial charge in [-0.2, -0.15) is 5.10 Å². The zero-order valence-corrected chi connectivity index (χ0v) is 12.4. The number of aromatic nitrogens is 4. The fraction of sp³-hybridized carbons (Fsp3) is 0.462. The minimum absolute atomic E-state index is 0.564. The van der Waals surface area contributed by atoms with E-state index in [9.17, 15) is 0 Å². The zero-order chi connectivity index (χ0) is 13.2. The standard InChI is InChI=1S/C13H16BrN5/c1-19-7-5-10(18-19)4-6-15-12-8-11(14)16-13(17-12)9-2-3-9/h5,7-9H,2-4,6H2,1H3,(H,15,16,17). The second-order valence-electron chi connectivity index (χ2n) is 4.87. The van der Waals surface area contributed by atoms with Crippen molar-refractivity contribution in [1.29, 1.82) is 0 Å². The Hall–Kier alpha value is -1.43. The Balaban J connectivity index is 1.60. The average Bonchev–Trinajstić information content (AvgIpc) is 3.13. The monoisotopic (exact) mass is 321 g/mol. The molecule has 0 bridgehead atoms. The third-order valence-electron chi connectivity index (χ3n) is 3.11. The van der Waals surface area contributed by atoms with E-state index < -0.39 is 0 Å². The van der Waals surface area contributed by atoms with Crippen molar-refractivity contribution >= 4 is 21.7 Å². The summed E-state index contributed by atoms with van der Waals surface area (Å²) < 4.78 is 2.67. The van der Waals surface area contributed by atoms with Gasteiger partial charge >= 0.3 is 0 Å². The second-order valence-corrected chi connectivity index (χ2v) is 5.68. The van der Waals surface area contributed by atoms with Gasteiger partial charge in [0.15, 0.2) is 0 Å². The van der Waals surface area contributed by atoms with Crippen LogP contribution in [-0.4, -0.2) is 26.3 Å². The molecule has 1 aliphatic carbocycles. The van der Waals surface area contributed by atoms with E-state index in [1.165, 1.54) is 12.8 Å². The van der Waals surface area contributed by atoms with Gasteiger partial charge < -0.3 is 5.32 Å². The largest absolute Gasteiger partial charge is 0.370 e. The lowest BCUT2D eigenvalue weighted by molar-refractivity contribution is 0.741. The van der Waals surface area contributed by atoms with Gasteiger partial charge in [-0.1, -0.05) is 0 Å². The molecule has 2 aromatic rings. The highest BCUT2D eigenvalue weighted by atomic mass is 79.9. The number of anilines is 1. The van der Waals surface area contributed by atoms with E-state index in [1.54, 1.807) is 0 Å². The van der Waals surface area contributed by atoms with Gasteiger partial charge in [-0.05, 0) is 34.8 Å². The van der Waals surface area contributed by atoms with Crippen LogP contribution in [0, 0.1) is 0 Å². The lowest BCUT2D eigenvalue weighted by atomic mass is 10.3. The third kappa shape index (κ3) is 3.32. The van der Waals surface area contributed by atoms with Crippen LogP contribution in [0.4, 0.5) is 5.82 Å². The van der Waals surface area contributed by atoms with Crippen LogP contribution in [0.25, 0.3) is 0 Å². The Morgan fingerprint density at radius 1 is 1.42 bits per heavy atom. The van der Waals surface area contributed by atoms with Crippen LogP contribution in [0.2, 0.25) is 0 Å². The second kappa shape index (κ2) is 5.28. The maximum Gasteiger partial charge on any atom is 0.135 e. The summed E-state index contributed by atoms with van der Waals surface area (Å²) in [6, 6.07) is 3.96. The first-order valence-corrected chi connectivity index (χ1v) is 7.27. The summed E-state index contributed by atoms with van der Waals surface area (Å²) in [5, 5.41) is 7.69. The summed E-state index contributed by atoms with van der Waals surface area (Å²) in [6.45, 7) is 0.824. The van der Waals surface area contributed by atoms with Crippen LogP contribution < -0.4 is 5.32 Å². The summed E-state index contributed by atoms with van der Waals surface area (Å²) in [5.74, 6) is 2.41. The van der Waals surface area contributed by atoms with Crippen LogP contribution in [0.3, 0.4) is 0 Å². The molecule has 0 spiro atoms. The highest BCUT2D eigenvalue weighted by Gasteiger charge is 2.27. The first-order chi connectivity index (χ1) is 9.20. The summed E-state index contributed by atoms with van der Waals surface area (Å²) in [7, 11) is 1.93. The predicted octanol–water partition coefficient (Wildman–Crippen LogP) is 2.50. The molecule has 0 saturated heterocycles. The van der Waals surface area contributed by atoms with Crippen LogP contribution in [-0.2, 0) is 13.5 Å². The van der Waals surface area contributed by atoms with E-state index in [4.69, 9.17) is 0 Å². The number of aryl methyl sites for hydroxylation is 1.